The van der Waals surface area contributed by atoms with Gasteiger partial charge in [-0.15, -0.1) is 0 Å². The van der Waals surface area contributed by atoms with Gasteiger partial charge in [-0.3, -0.25) is 9.59 Å². The maximum atomic E-state index is 11.4. The van der Waals surface area contributed by atoms with E-state index in [0.717, 1.165) is 31.8 Å². The lowest BCUT2D eigenvalue weighted by Crippen LogP contribution is -2.36. The lowest BCUT2D eigenvalue weighted by atomic mass is 9.97. The number of carbonyl (C=O) groups is 2. The lowest BCUT2D eigenvalue weighted by Gasteiger charge is -2.30. The van der Waals surface area contributed by atoms with E-state index < -0.39 is 5.97 Å². The van der Waals surface area contributed by atoms with E-state index in [2.05, 4.69) is 4.90 Å². The molecule has 2 heterocycles. The summed E-state index contributed by atoms with van der Waals surface area (Å²) in [5, 5.41) is 8.64. The Morgan fingerprint density at radius 3 is 2.70 bits per heavy atom. The Morgan fingerprint density at radius 2 is 2.10 bits per heavy atom. The molecule has 1 aliphatic rings. The van der Waals surface area contributed by atoms with Crippen LogP contribution >= 0.6 is 0 Å². The molecule has 0 bridgehead atoms. The van der Waals surface area contributed by atoms with E-state index in [-0.39, 0.29) is 18.3 Å². The second-order valence-corrected chi connectivity index (χ2v) is 4.92. The fourth-order valence-corrected chi connectivity index (χ4v) is 2.40. The first-order chi connectivity index (χ1) is 9.60. The minimum atomic E-state index is -0.832. The number of carboxylic acid groups (broad SMARTS) is 1. The van der Waals surface area contributed by atoms with Gasteiger partial charge in [0.05, 0.1) is 19.4 Å². The normalized spacial score (nSPS) is 16.1. The van der Waals surface area contributed by atoms with E-state index in [9.17, 15) is 9.59 Å². The van der Waals surface area contributed by atoms with Gasteiger partial charge in [-0.2, -0.15) is 0 Å². The zero-order valence-electron chi connectivity index (χ0n) is 11.5. The molecular weight excluding hydrogens is 262 g/mol. The van der Waals surface area contributed by atoms with Gasteiger partial charge in [0.1, 0.15) is 5.76 Å². The Bertz CT molecular complexity index is 474. The molecule has 1 saturated heterocycles. The fraction of sp³-hybridized carbons (Fsp3) is 0.571. The predicted molar refractivity (Wildman–Crippen MR) is 71.6 cm³/mol. The molecule has 0 aliphatic carbocycles. The molecule has 6 nitrogen and oxygen atoms in total. The maximum absolute atomic E-state index is 11.4. The number of ether oxygens (including phenoxy) is 1. The second-order valence-electron chi connectivity index (χ2n) is 4.92. The number of hydrogen-bond donors (Lipinski definition) is 1. The van der Waals surface area contributed by atoms with Crippen LogP contribution in [0.4, 0.5) is 5.88 Å². The average molecular weight is 281 g/mol. The van der Waals surface area contributed by atoms with Crippen LogP contribution in [0.1, 0.15) is 25.0 Å². The molecule has 1 fully saturated rings. The molecule has 1 aliphatic heterocycles. The summed E-state index contributed by atoms with van der Waals surface area (Å²) >= 11 is 0. The first-order valence-electron chi connectivity index (χ1n) is 6.73. The monoisotopic (exact) mass is 281 g/mol. The van der Waals surface area contributed by atoms with Crippen molar-refractivity contribution in [3.8, 4) is 0 Å². The number of rotatable bonds is 5. The maximum Gasteiger partial charge on any atom is 0.308 e. The molecule has 0 radical (unpaired) electrons. The quantitative estimate of drug-likeness (QED) is 0.827. The number of methoxy groups -OCH3 is 1. The zero-order valence-corrected chi connectivity index (χ0v) is 11.5. The van der Waals surface area contributed by atoms with Gasteiger partial charge >= 0.3 is 11.9 Å². The minimum Gasteiger partial charge on any atom is -0.481 e. The molecule has 0 spiro atoms. The van der Waals surface area contributed by atoms with Crippen molar-refractivity contribution in [2.24, 2.45) is 5.92 Å². The molecule has 6 heteroatoms. The summed E-state index contributed by atoms with van der Waals surface area (Å²) < 4.78 is 10.4. The summed E-state index contributed by atoms with van der Waals surface area (Å²) in [7, 11) is 1.41. The predicted octanol–water partition coefficient (Wildman–Crippen LogP) is 1.69. The van der Waals surface area contributed by atoms with Crippen molar-refractivity contribution in [1.82, 2.24) is 0 Å². The zero-order chi connectivity index (χ0) is 14.5. The Hall–Kier alpha value is -1.98. The van der Waals surface area contributed by atoms with Gasteiger partial charge in [0, 0.05) is 25.6 Å². The molecule has 0 unspecified atom stereocenters. The standard InChI is InChI=1S/C14H19NO5/c1-19-14(18)10-6-8-15(9-7-10)12-4-2-11(20-12)3-5-13(16)17/h2,4,10H,3,5-9H2,1H3,(H,16,17). The van der Waals surface area contributed by atoms with Crippen molar-refractivity contribution in [2.45, 2.75) is 25.7 Å². The number of nitrogens with zero attached hydrogens (tertiary/aromatic N) is 1. The van der Waals surface area contributed by atoms with Crippen LogP contribution in [-0.2, 0) is 20.7 Å². The summed E-state index contributed by atoms with van der Waals surface area (Å²) in [4.78, 5) is 24.0. The number of carbonyl (C=O) groups excluding carboxylic acids is 1. The third-order valence-corrected chi connectivity index (χ3v) is 3.57. The van der Waals surface area contributed by atoms with Gasteiger partial charge in [-0.05, 0) is 18.9 Å². The highest BCUT2D eigenvalue weighted by Gasteiger charge is 2.26. The number of aryl methyl sites for hydroxylation is 1. The minimum absolute atomic E-state index is 0.0299. The summed E-state index contributed by atoms with van der Waals surface area (Å²) in [6, 6.07) is 3.67. The van der Waals surface area contributed by atoms with Crippen LogP contribution in [0.3, 0.4) is 0 Å². The molecule has 0 amide bonds. The van der Waals surface area contributed by atoms with Gasteiger partial charge in [-0.1, -0.05) is 0 Å². The molecular formula is C14H19NO5. The van der Waals surface area contributed by atoms with Crippen LogP contribution in [0, 0.1) is 5.92 Å². The lowest BCUT2D eigenvalue weighted by molar-refractivity contribution is -0.146. The SMILES string of the molecule is COC(=O)C1CCN(c2ccc(CCC(=O)O)o2)CC1. The second kappa shape index (κ2) is 6.45. The van der Waals surface area contributed by atoms with Crippen LogP contribution in [0.15, 0.2) is 16.5 Å². The Balaban J connectivity index is 1.87. The fourth-order valence-electron chi connectivity index (χ4n) is 2.40. The number of esters is 1. The van der Waals surface area contributed by atoms with Crippen LogP contribution in [0.2, 0.25) is 0 Å². The van der Waals surface area contributed by atoms with E-state index >= 15 is 0 Å². The largest absolute Gasteiger partial charge is 0.481 e. The Morgan fingerprint density at radius 1 is 1.40 bits per heavy atom. The molecule has 0 saturated carbocycles. The van der Waals surface area contributed by atoms with Crippen LogP contribution in [0.25, 0.3) is 0 Å². The number of piperidine rings is 1. The van der Waals surface area contributed by atoms with E-state index in [4.69, 9.17) is 14.3 Å². The van der Waals surface area contributed by atoms with Crippen LogP contribution in [-0.4, -0.2) is 37.2 Å². The molecule has 1 aromatic heterocycles. The van der Waals surface area contributed by atoms with Crippen LogP contribution < -0.4 is 4.90 Å². The van der Waals surface area contributed by atoms with E-state index in [1.165, 1.54) is 7.11 Å². The number of furan rings is 1. The summed E-state index contributed by atoms with van der Waals surface area (Å²) in [5.41, 5.74) is 0. The summed E-state index contributed by atoms with van der Waals surface area (Å²) in [6.07, 6.45) is 1.96. The molecule has 1 N–H and O–H groups in total. The van der Waals surface area contributed by atoms with E-state index in [1.807, 2.05) is 12.1 Å². The Kier molecular flexibility index (Phi) is 4.65. The van der Waals surface area contributed by atoms with Crippen molar-refractivity contribution in [3.05, 3.63) is 17.9 Å². The first kappa shape index (κ1) is 14.4. The Labute approximate surface area is 117 Å². The third kappa shape index (κ3) is 3.53. The number of carboxylic acids is 1. The highest BCUT2D eigenvalue weighted by molar-refractivity contribution is 5.72. The average Bonchev–Trinajstić information content (AvgIpc) is 2.93. The van der Waals surface area contributed by atoms with Gasteiger partial charge < -0.3 is 19.2 Å². The molecule has 20 heavy (non-hydrogen) atoms. The highest BCUT2D eigenvalue weighted by Crippen LogP contribution is 2.26. The first-order valence-corrected chi connectivity index (χ1v) is 6.73. The topological polar surface area (TPSA) is 80.0 Å². The highest BCUT2D eigenvalue weighted by atomic mass is 16.5. The van der Waals surface area contributed by atoms with Gasteiger partial charge in [0.25, 0.3) is 0 Å². The van der Waals surface area contributed by atoms with Crippen molar-refractivity contribution < 1.29 is 23.8 Å². The number of anilines is 1. The van der Waals surface area contributed by atoms with E-state index in [0.29, 0.717) is 12.2 Å². The molecule has 0 aromatic carbocycles. The van der Waals surface area contributed by atoms with Gasteiger partial charge in [-0.25, -0.2) is 0 Å². The summed E-state index contributed by atoms with van der Waals surface area (Å²) in [5.74, 6) is 0.414. The molecule has 110 valence electrons. The summed E-state index contributed by atoms with van der Waals surface area (Å²) in [6.45, 7) is 1.48. The number of hydrogen-bond acceptors (Lipinski definition) is 5. The smallest absolute Gasteiger partial charge is 0.308 e. The van der Waals surface area contributed by atoms with Crippen molar-refractivity contribution in [2.75, 3.05) is 25.1 Å². The van der Waals surface area contributed by atoms with E-state index in [1.54, 1.807) is 0 Å². The number of aliphatic carboxylic acids is 1. The molecule has 2 rings (SSSR count). The van der Waals surface area contributed by atoms with Crippen LogP contribution in [0.5, 0.6) is 0 Å². The third-order valence-electron chi connectivity index (χ3n) is 3.57. The molecule has 0 atom stereocenters. The van der Waals surface area contributed by atoms with Crippen molar-refractivity contribution in [3.63, 3.8) is 0 Å². The van der Waals surface area contributed by atoms with Gasteiger partial charge in [0.2, 0.25) is 0 Å². The van der Waals surface area contributed by atoms with Gasteiger partial charge in [0.15, 0.2) is 5.88 Å². The van der Waals surface area contributed by atoms with Crippen molar-refractivity contribution >= 4 is 17.8 Å². The van der Waals surface area contributed by atoms with Crippen molar-refractivity contribution in [1.29, 1.82) is 0 Å². The molecule has 1 aromatic rings.